The van der Waals surface area contributed by atoms with E-state index in [0.717, 1.165) is 17.7 Å². The third-order valence-electron chi connectivity index (χ3n) is 4.75. The van der Waals surface area contributed by atoms with Gasteiger partial charge in [0.1, 0.15) is 5.82 Å². The normalized spacial score (nSPS) is 16.6. The van der Waals surface area contributed by atoms with Crippen LogP contribution < -0.4 is 4.90 Å². The highest BCUT2D eigenvalue weighted by Gasteiger charge is 2.33. The monoisotopic (exact) mass is 407 g/mol. The lowest BCUT2D eigenvalue weighted by molar-refractivity contribution is -0.116. The molecular weight excluding hydrogens is 389 g/mol. The molecule has 0 fully saturated rings. The van der Waals surface area contributed by atoms with Crippen LogP contribution in [0.2, 0.25) is 0 Å². The summed E-state index contributed by atoms with van der Waals surface area (Å²) in [5, 5.41) is 15.8. The topological polar surface area (TPSA) is 72.1 Å². The molecule has 0 aliphatic carbocycles. The molecular formula is C21H18FN5OS. The maximum Gasteiger partial charge on any atom is 0.237 e. The number of carbonyl (C=O) groups excluding carboxylic acids is 1. The Morgan fingerprint density at radius 2 is 2.07 bits per heavy atom. The van der Waals surface area contributed by atoms with Crippen LogP contribution in [0.1, 0.15) is 24.4 Å². The number of amides is 1. The smallest absolute Gasteiger partial charge is 0.237 e. The highest BCUT2D eigenvalue weighted by Crippen LogP contribution is 2.40. The predicted octanol–water partition coefficient (Wildman–Crippen LogP) is 4.24. The lowest BCUT2D eigenvalue weighted by atomic mass is 10.0. The summed E-state index contributed by atoms with van der Waals surface area (Å²) in [5.74, 6) is -0.701. The van der Waals surface area contributed by atoms with E-state index in [4.69, 9.17) is 5.26 Å². The van der Waals surface area contributed by atoms with Crippen LogP contribution in [0.4, 0.5) is 15.8 Å². The van der Waals surface area contributed by atoms with Gasteiger partial charge < -0.3 is 4.90 Å². The van der Waals surface area contributed by atoms with Gasteiger partial charge in [-0.2, -0.15) is 10.4 Å². The van der Waals surface area contributed by atoms with Crippen molar-refractivity contribution in [1.82, 2.24) is 5.01 Å². The zero-order valence-corrected chi connectivity index (χ0v) is 16.3. The van der Waals surface area contributed by atoms with Gasteiger partial charge in [0.25, 0.3) is 0 Å². The predicted molar refractivity (Wildman–Crippen MR) is 113 cm³/mol. The third kappa shape index (κ3) is 3.87. The average molecular weight is 407 g/mol. The number of aliphatic imine (C=N–C) groups is 1. The zero-order chi connectivity index (χ0) is 20.2. The second kappa shape index (κ2) is 8.45. The number of amidine groups is 1. The summed E-state index contributed by atoms with van der Waals surface area (Å²) >= 11 is 1.27. The quantitative estimate of drug-likeness (QED) is 0.743. The van der Waals surface area contributed by atoms with Crippen LogP contribution in [0.25, 0.3) is 0 Å². The van der Waals surface area contributed by atoms with Gasteiger partial charge >= 0.3 is 0 Å². The summed E-state index contributed by atoms with van der Waals surface area (Å²) in [6, 6.07) is 16.1. The summed E-state index contributed by atoms with van der Waals surface area (Å²) in [6.45, 7) is 0.136. The molecule has 4 rings (SSSR count). The van der Waals surface area contributed by atoms with Gasteiger partial charge in [-0.05, 0) is 18.2 Å². The first-order chi connectivity index (χ1) is 14.2. The molecule has 2 aliphatic heterocycles. The van der Waals surface area contributed by atoms with E-state index in [1.54, 1.807) is 18.2 Å². The molecule has 0 spiro atoms. The molecule has 0 radical (unpaired) electrons. The molecule has 29 heavy (non-hydrogen) atoms. The van der Waals surface area contributed by atoms with Gasteiger partial charge in [-0.15, -0.1) is 0 Å². The van der Waals surface area contributed by atoms with Crippen molar-refractivity contribution in [2.75, 3.05) is 17.2 Å². The second-order valence-corrected chi connectivity index (χ2v) is 7.48. The number of fused-ring (bicyclic) bond motifs is 3. The summed E-state index contributed by atoms with van der Waals surface area (Å²) in [4.78, 5) is 18.9. The average Bonchev–Trinajstić information content (AvgIpc) is 3.24. The van der Waals surface area contributed by atoms with E-state index in [0.29, 0.717) is 5.17 Å². The number of anilines is 1. The van der Waals surface area contributed by atoms with Crippen molar-refractivity contribution in [1.29, 1.82) is 5.26 Å². The fourth-order valence-electron chi connectivity index (χ4n) is 3.40. The maximum absolute atomic E-state index is 14.2. The van der Waals surface area contributed by atoms with Crippen LogP contribution >= 0.6 is 11.8 Å². The third-order valence-corrected chi connectivity index (χ3v) is 5.68. The number of hydrazone groups is 1. The van der Waals surface area contributed by atoms with Gasteiger partial charge in [-0.3, -0.25) is 4.79 Å². The standard InChI is InChI=1S/C21H18FN5OS/c22-16-7-2-4-9-19(16)26(13-5-11-23)20(28)14-29-21-25-17-8-3-1-6-15(17)18-10-12-24-27(18)21/h1-4,6-9,12,18H,5,10,13-14H2/t18-/m0/s1. The molecule has 0 unspecified atom stereocenters. The number of carbonyl (C=O) groups is 1. The van der Waals surface area contributed by atoms with Crippen molar-refractivity contribution in [2.24, 2.45) is 10.1 Å². The van der Waals surface area contributed by atoms with Crippen molar-refractivity contribution >= 4 is 40.4 Å². The maximum atomic E-state index is 14.2. The van der Waals surface area contributed by atoms with Gasteiger partial charge in [0, 0.05) is 24.7 Å². The van der Waals surface area contributed by atoms with Crippen molar-refractivity contribution in [2.45, 2.75) is 18.9 Å². The molecule has 2 aromatic rings. The Morgan fingerprint density at radius 1 is 1.28 bits per heavy atom. The lowest BCUT2D eigenvalue weighted by Crippen LogP contribution is -2.35. The van der Waals surface area contributed by atoms with Crippen molar-refractivity contribution < 1.29 is 9.18 Å². The zero-order valence-electron chi connectivity index (χ0n) is 15.5. The number of halogens is 1. The number of hydrogen-bond acceptors (Lipinski definition) is 6. The lowest BCUT2D eigenvalue weighted by Gasteiger charge is -2.30. The van der Waals surface area contributed by atoms with Gasteiger partial charge in [-0.1, -0.05) is 42.1 Å². The molecule has 146 valence electrons. The summed E-state index contributed by atoms with van der Waals surface area (Å²) in [6.07, 6.45) is 2.76. The van der Waals surface area contributed by atoms with Crippen LogP contribution in [0.5, 0.6) is 0 Å². The Kier molecular flexibility index (Phi) is 5.58. The van der Waals surface area contributed by atoms with Crippen LogP contribution in [-0.2, 0) is 4.79 Å². The van der Waals surface area contributed by atoms with Gasteiger partial charge in [0.15, 0.2) is 5.17 Å². The van der Waals surface area contributed by atoms with E-state index in [9.17, 15) is 9.18 Å². The number of rotatable bonds is 5. The van der Waals surface area contributed by atoms with Crippen LogP contribution in [0.3, 0.4) is 0 Å². The number of benzene rings is 2. The van der Waals surface area contributed by atoms with Crippen LogP contribution in [0.15, 0.2) is 58.6 Å². The van der Waals surface area contributed by atoms with E-state index in [1.807, 2.05) is 41.6 Å². The first kappa shape index (κ1) is 19.2. The summed E-state index contributed by atoms with van der Waals surface area (Å²) in [7, 11) is 0. The molecule has 6 nitrogen and oxygen atoms in total. The van der Waals surface area contributed by atoms with Crippen LogP contribution in [0, 0.1) is 17.1 Å². The largest absolute Gasteiger partial charge is 0.308 e. The van der Waals surface area contributed by atoms with Crippen molar-refractivity contribution in [3.8, 4) is 6.07 Å². The molecule has 2 aliphatic rings. The van der Waals surface area contributed by atoms with Gasteiger partial charge in [0.2, 0.25) is 5.91 Å². The molecule has 0 N–H and O–H groups in total. The molecule has 1 amide bonds. The molecule has 0 saturated heterocycles. The molecule has 0 saturated carbocycles. The van der Waals surface area contributed by atoms with E-state index in [-0.39, 0.29) is 36.4 Å². The first-order valence-corrected chi connectivity index (χ1v) is 10.2. The summed E-state index contributed by atoms with van der Waals surface area (Å²) < 4.78 is 14.2. The molecule has 0 aromatic heterocycles. The molecule has 2 aromatic carbocycles. The Morgan fingerprint density at radius 3 is 2.90 bits per heavy atom. The summed E-state index contributed by atoms with van der Waals surface area (Å²) in [5.41, 5.74) is 2.17. The SMILES string of the molecule is N#CCCN(C(=O)CSC1=Nc2ccccc2[C@@H]2CC=NN12)c1ccccc1F. The number of nitrogens with zero attached hydrogens (tertiary/aromatic N) is 5. The number of hydrogen-bond donors (Lipinski definition) is 0. The highest BCUT2D eigenvalue weighted by molar-refractivity contribution is 8.14. The highest BCUT2D eigenvalue weighted by atomic mass is 32.2. The molecule has 0 bridgehead atoms. The molecule has 8 heteroatoms. The second-order valence-electron chi connectivity index (χ2n) is 6.54. The van der Waals surface area contributed by atoms with E-state index < -0.39 is 5.82 Å². The van der Waals surface area contributed by atoms with Crippen molar-refractivity contribution in [3.63, 3.8) is 0 Å². The minimum Gasteiger partial charge on any atom is -0.308 e. The Labute approximate surface area is 172 Å². The van der Waals surface area contributed by atoms with Gasteiger partial charge in [-0.25, -0.2) is 14.4 Å². The Balaban J connectivity index is 1.53. The minimum atomic E-state index is -0.489. The number of thioether (sulfide) groups is 1. The van der Waals surface area contributed by atoms with Crippen molar-refractivity contribution in [3.05, 3.63) is 59.9 Å². The van der Waals surface area contributed by atoms with E-state index in [1.165, 1.54) is 22.7 Å². The minimum absolute atomic E-state index is 0.0690. The molecule has 1 atom stereocenters. The van der Waals surface area contributed by atoms with Gasteiger partial charge in [0.05, 0.1) is 35.7 Å². The number of nitriles is 1. The Hall–Kier alpha value is -3.18. The fraction of sp³-hybridized carbons (Fsp3) is 0.238. The number of para-hydroxylation sites is 2. The Bertz CT molecular complexity index is 1030. The van der Waals surface area contributed by atoms with E-state index >= 15 is 0 Å². The molecule has 2 heterocycles. The van der Waals surface area contributed by atoms with Crippen LogP contribution in [-0.4, -0.2) is 34.6 Å². The fourth-order valence-corrected chi connectivity index (χ4v) is 4.27. The first-order valence-electron chi connectivity index (χ1n) is 9.23. The van der Waals surface area contributed by atoms with E-state index in [2.05, 4.69) is 10.1 Å².